The van der Waals surface area contributed by atoms with Crippen LogP contribution in [0.5, 0.6) is 5.75 Å². The van der Waals surface area contributed by atoms with Gasteiger partial charge in [0.25, 0.3) is 0 Å². The molecule has 0 spiro atoms. The van der Waals surface area contributed by atoms with Crippen LogP contribution in [0.15, 0.2) is 24.3 Å². The highest BCUT2D eigenvalue weighted by Crippen LogP contribution is 2.15. The minimum Gasteiger partial charge on any atom is -0.490 e. The lowest BCUT2D eigenvalue weighted by atomic mass is 10.2. The van der Waals surface area contributed by atoms with Crippen molar-refractivity contribution in [3.05, 3.63) is 29.8 Å². The van der Waals surface area contributed by atoms with E-state index in [2.05, 4.69) is 6.07 Å². The number of ether oxygens (including phenoxy) is 2. The number of para-hydroxylation sites is 1. The lowest BCUT2D eigenvalue weighted by molar-refractivity contribution is 0.110. The highest BCUT2D eigenvalue weighted by Gasteiger charge is 2.00. The van der Waals surface area contributed by atoms with Crippen LogP contribution in [0.4, 0.5) is 0 Å². The summed E-state index contributed by atoms with van der Waals surface area (Å²) in [7, 11) is 0. The van der Waals surface area contributed by atoms with Crippen LogP contribution in [0.2, 0.25) is 0 Å². The van der Waals surface area contributed by atoms with E-state index in [1.165, 1.54) is 0 Å². The second kappa shape index (κ2) is 6.01. The van der Waals surface area contributed by atoms with Crippen molar-refractivity contribution >= 4 is 0 Å². The third kappa shape index (κ3) is 3.08. The van der Waals surface area contributed by atoms with Gasteiger partial charge in [0.1, 0.15) is 18.4 Å². The molecule has 0 radical (unpaired) electrons. The third-order valence-corrected chi connectivity index (χ3v) is 1.70. The van der Waals surface area contributed by atoms with Crippen molar-refractivity contribution in [2.24, 2.45) is 0 Å². The van der Waals surface area contributed by atoms with Crippen LogP contribution in [0.25, 0.3) is 0 Å². The Morgan fingerprint density at radius 3 is 2.79 bits per heavy atom. The summed E-state index contributed by atoms with van der Waals surface area (Å²) in [6.45, 7) is 3.65. The first kappa shape index (κ1) is 10.6. The molecule has 0 fully saturated rings. The quantitative estimate of drug-likeness (QED) is 0.668. The van der Waals surface area contributed by atoms with E-state index < -0.39 is 0 Å². The Kier molecular flexibility index (Phi) is 4.53. The average Bonchev–Trinajstić information content (AvgIpc) is 2.25. The molecule has 0 aliphatic heterocycles. The van der Waals surface area contributed by atoms with Crippen LogP contribution < -0.4 is 4.74 Å². The van der Waals surface area contributed by atoms with Gasteiger partial charge in [-0.15, -0.1) is 0 Å². The fraction of sp³-hybridized carbons (Fsp3) is 0.364. The Morgan fingerprint density at radius 1 is 1.29 bits per heavy atom. The van der Waals surface area contributed by atoms with Gasteiger partial charge < -0.3 is 9.47 Å². The number of benzene rings is 1. The van der Waals surface area contributed by atoms with Gasteiger partial charge in [-0.25, -0.2) is 0 Å². The molecule has 0 atom stereocenters. The molecule has 0 aliphatic rings. The lowest BCUT2D eigenvalue weighted by Gasteiger charge is -2.06. The smallest absolute Gasteiger partial charge is 0.137 e. The Bertz CT molecular complexity index is 317. The number of hydrogen-bond donors (Lipinski definition) is 0. The van der Waals surface area contributed by atoms with E-state index in [0.29, 0.717) is 31.1 Å². The fourth-order valence-electron chi connectivity index (χ4n) is 1.04. The zero-order chi connectivity index (χ0) is 10.2. The molecule has 0 bridgehead atoms. The summed E-state index contributed by atoms with van der Waals surface area (Å²) < 4.78 is 10.5. The van der Waals surface area contributed by atoms with Gasteiger partial charge in [0.05, 0.1) is 12.2 Å². The molecule has 0 N–H and O–H groups in total. The first-order valence-electron chi connectivity index (χ1n) is 4.58. The predicted octanol–water partition coefficient (Wildman–Crippen LogP) is 1.97. The molecule has 0 aliphatic carbocycles. The lowest BCUT2D eigenvalue weighted by Crippen LogP contribution is -2.06. The number of nitrogens with zero attached hydrogens (tertiary/aromatic N) is 1. The van der Waals surface area contributed by atoms with Crippen molar-refractivity contribution in [2.75, 3.05) is 19.8 Å². The van der Waals surface area contributed by atoms with Crippen LogP contribution in [0, 0.1) is 11.3 Å². The van der Waals surface area contributed by atoms with Gasteiger partial charge in [0.15, 0.2) is 0 Å². The summed E-state index contributed by atoms with van der Waals surface area (Å²) in [5.74, 6) is 0.620. The molecule has 0 saturated heterocycles. The standard InChI is InChI=1S/C11H13NO2/c1-2-13-7-8-14-11-6-4-3-5-10(11)9-12/h3-6H,2,7-8H2,1H3. The fourth-order valence-corrected chi connectivity index (χ4v) is 1.04. The normalized spacial score (nSPS) is 9.43. The van der Waals surface area contributed by atoms with Crippen LogP contribution in [0.1, 0.15) is 12.5 Å². The summed E-state index contributed by atoms with van der Waals surface area (Å²) >= 11 is 0. The molecule has 1 rings (SSSR count). The Morgan fingerprint density at radius 2 is 2.07 bits per heavy atom. The van der Waals surface area contributed by atoms with E-state index in [-0.39, 0.29) is 0 Å². The second-order valence-corrected chi connectivity index (χ2v) is 2.65. The predicted molar refractivity (Wildman–Crippen MR) is 53.1 cm³/mol. The molecule has 1 aromatic rings. The second-order valence-electron chi connectivity index (χ2n) is 2.65. The zero-order valence-corrected chi connectivity index (χ0v) is 8.19. The maximum atomic E-state index is 8.76. The van der Waals surface area contributed by atoms with Gasteiger partial charge in [0, 0.05) is 6.61 Å². The Balaban J connectivity index is 2.46. The van der Waals surface area contributed by atoms with Crippen molar-refractivity contribution in [1.29, 1.82) is 5.26 Å². The first-order chi connectivity index (χ1) is 6.88. The highest BCUT2D eigenvalue weighted by atomic mass is 16.5. The van der Waals surface area contributed by atoms with Gasteiger partial charge in [-0.05, 0) is 19.1 Å². The summed E-state index contributed by atoms with van der Waals surface area (Å²) in [4.78, 5) is 0. The van der Waals surface area contributed by atoms with E-state index in [9.17, 15) is 0 Å². The van der Waals surface area contributed by atoms with Crippen LogP contribution in [-0.2, 0) is 4.74 Å². The van der Waals surface area contributed by atoms with Crippen molar-refractivity contribution in [3.8, 4) is 11.8 Å². The maximum Gasteiger partial charge on any atom is 0.137 e. The van der Waals surface area contributed by atoms with Crippen molar-refractivity contribution in [3.63, 3.8) is 0 Å². The summed E-state index contributed by atoms with van der Waals surface area (Å²) in [5, 5.41) is 8.76. The largest absolute Gasteiger partial charge is 0.490 e. The van der Waals surface area contributed by atoms with Crippen LogP contribution >= 0.6 is 0 Å². The molecular weight excluding hydrogens is 178 g/mol. The summed E-state index contributed by atoms with van der Waals surface area (Å²) in [6.07, 6.45) is 0. The van der Waals surface area contributed by atoms with E-state index in [1.54, 1.807) is 12.1 Å². The first-order valence-corrected chi connectivity index (χ1v) is 4.58. The Labute approximate surface area is 83.9 Å². The monoisotopic (exact) mass is 191 g/mol. The van der Waals surface area contributed by atoms with Crippen molar-refractivity contribution < 1.29 is 9.47 Å². The molecule has 74 valence electrons. The molecule has 0 unspecified atom stereocenters. The molecule has 14 heavy (non-hydrogen) atoms. The van der Waals surface area contributed by atoms with Crippen LogP contribution in [-0.4, -0.2) is 19.8 Å². The maximum absolute atomic E-state index is 8.76. The van der Waals surface area contributed by atoms with E-state index in [1.807, 2.05) is 19.1 Å². The van der Waals surface area contributed by atoms with Gasteiger partial charge in [0.2, 0.25) is 0 Å². The molecular formula is C11H13NO2. The molecule has 3 heteroatoms. The van der Waals surface area contributed by atoms with E-state index >= 15 is 0 Å². The van der Waals surface area contributed by atoms with Gasteiger partial charge >= 0.3 is 0 Å². The highest BCUT2D eigenvalue weighted by molar-refractivity contribution is 5.42. The zero-order valence-electron chi connectivity index (χ0n) is 8.19. The van der Waals surface area contributed by atoms with Crippen LogP contribution in [0.3, 0.4) is 0 Å². The minimum atomic E-state index is 0.479. The number of nitriles is 1. The molecule has 0 heterocycles. The summed E-state index contributed by atoms with van der Waals surface area (Å²) in [5.41, 5.74) is 0.559. The van der Waals surface area contributed by atoms with E-state index in [4.69, 9.17) is 14.7 Å². The molecule has 3 nitrogen and oxygen atoms in total. The molecule has 0 aromatic heterocycles. The summed E-state index contributed by atoms with van der Waals surface area (Å²) in [6, 6.07) is 9.24. The average molecular weight is 191 g/mol. The van der Waals surface area contributed by atoms with Gasteiger partial charge in [-0.2, -0.15) is 5.26 Å². The SMILES string of the molecule is CCOCCOc1ccccc1C#N. The van der Waals surface area contributed by atoms with Crippen molar-refractivity contribution in [2.45, 2.75) is 6.92 Å². The number of rotatable bonds is 5. The van der Waals surface area contributed by atoms with Gasteiger partial charge in [-0.3, -0.25) is 0 Å². The van der Waals surface area contributed by atoms with Gasteiger partial charge in [-0.1, -0.05) is 12.1 Å². The number of hydrogen-bond acceptors (Lipinski definition) is 3. The molecule has 1 aromatic carbocycles. The Hall–Kier alpha value is -1.53. The third-order valence-electron chi connectivity index (χ3n) is 1.70. The minimum absolute atomic E-state index is 0.479. The molecule has 0 saturated carbocycles. The van der Waals surface area contributed by atoms with Crippen molar-refractivity contribution in [1.82, 2.24) is 0 Å². The topological polar surface area (TPSA) is 42.2 Å². The molecule has 0 amide bonds. The van der Waals surface area contributed by atoms with E-state index in [0.717, 1.165) is 0 Å².